The molecule has 0 saturated heterocycles. The standard InChI is InChI=1S/C15H17NOS/c1-10-4-7-15(11(2)8-10)18-13-5-6-14(12(3)17)16-9-13/h4-9,12,17H,1-3H3. The molecule has 0 radical (unpaired) electrons. The van der Waals surface area contributed by atoms with Gasteiger partial charge in [0.1, 0.15) is 0 Å². The van der Waals surface area contributed by atoms with E-state index in [9.17, 15) is 5.11 Å². The number of benzene rings is 1. The van der Waals surface area contributed by atoms with Crippen molar-refractivity contribution >= 4 is 11.8 Å². The SMILES string of the molecule is Cc1ccc(Sc2ccc(C(C)O)nc2)c(C)c1. The fourth-order valence-electron chi connectivity index (χ4n) is 1.74. The van der Waals surface area contributed by atoms with Gasteiger partial charge in [0.05, 0.1) is 11.8 Å². The first-order valence-electron chi connectivity index (χ1n) is 5.95. The van der Waals surface area contributed by atoms with Crippen LogP contribution in [0.4, 0.5) is 0 Å². The molecule has 3 heteroatoms. The first kappa shape index (κ1) is 13.1. The predicted octanol–water partition coefficient (Wildman–Crippen LogP) is 3.90. The van der Waals surface area contributed by atoms with Gasteiger partial charge in [0.2, 0.25) is 0 Å². The van der Waals surface area contributed by atoms with Crippen molar-refractivity contribution in [2.24, 2.45) is 0 Å². The highest BCUT2D eigenvalue weighted by Crippen LogP contribution is 2.30. The van der Waals surface area contributed by atoms with Gasteiger partial charge in [0, 0.05) is 16.0 Å². The van der Waals surface area contributed by atoms with Gasteiger partial charge in [0.25, 0.3) is 0 Å². The molecule has 0 aliphatic heterocycles. The van der Waals surface area contributed by atoms with Crippen LogP contribution in [0.5, 0.6) is 0 Å². The highest BCUT2D eigenvalue weighted by atomic mass is 32.2. The second-order valence-corrected chi connectivity index (χ2v) is 5.58. The summed E-state index contributed by atoms with van der Waals surface area (Å²) in [5.41, 5.74) is 3.26. The van der Waals surface area contributed by atoms with Crippen LogP contribution in [-0.4, -0.2) is 10.1 Å². The normalized spacial score (nSPS) is 12.4. The van der Waals surface area contributed by atoms with E-state index in [1.165, 1.54) is 16.0 Å². The first-order chi connectivity index (χ1) is 8.56. The summed E-state index contributed by atoms with van der Waals surface area (Å²) in [5, 5.41) is 9.41. The minimum absolute atomic E-state index is 0.509. The molecule has 2 aromatic rings. The molecule has 0 amide bonds. The molecule has 0 aliphatic rings. The average molecular weight is 259 g/mol. The highest BCUT2D eigenvalue weighted by Gasteiger charge is 2.04. The van der Waals surface area contributed by atoms with Crippen molar-refractivity contribution in [1.82, 2.24) is 4.98 Å². The molecule has 0 fully saturated rings. The fraction of sp³-hybridized carbons (Fsp3) is 0.267. The third-order valence-electron chi connectivity index (χ3n) is 2.75. The molecule has 0 bridgehead atoms. The smallest absolute Gasteiger partial charge is 0.0931 e. The van der Waals surface area contributed by atoms with Crippen molar-refractivity contribution in [1.29, 1.82) is 0 Å². The van der Waals surface area contributed by atoms with Crippen molar-refractivity contribution in [3.05, 3.63) is 53.3 Å². The van der Waals surface area contributed by atoms with Gasteiger partial charge in [-0.05, 0) is 44.5 Å². The van der Waals surface area contributed by atoms with Crippen LogP contribution in [-0.2, 0) is 0 Å². The Morgan fingerprint density at radius 1 is 1.17 bits per heavy atom. The fourth-order valence-corrected chi connectivity index (χ4v) is 2.59. The van der Waals surface area contributed by atoms with Gasteiger partial charge in [-0.1, -0.05) is 29.5 Å². The Morgan fingerprint density at radius 2 is 1.94 bits per heavy atom. The van der Waals surface area contributed by atoms with Crippen LogP contribution < -0.4 is 0 Å². The number of rotatable bonds is 3. The maximum atomic E-state index is 9.41. The predicted molar refractivity (Wildman–Crippen MR) is 74.9 cm³/mol. The Morgan fingerprint density at radius 3 is 2.50 bits per heavy atom. The summed E-state index contributed by atoms with van der Waals surface area (Å²) in [6, 6.07) is 10.3. The average Bonchev–Trinajstić information content (AvgIpc) is 2.33. The summed E-state index contributed by atoms with van der Waals surface area (Å²) in [6.07, 6.45) is 1.30. The molecule has 18 heavy (non-hydrogen) atoms. The zero-order valence-corrected chi connectivity index (χ0v) is 11.7. The molecule has 1 atom stereocenters. The molecule has 1 heterocycles. The highest BCUT2D eigenvalue weighted by molar-refractivity contribution is 7.99. The molecule has 2 rings (SSSR count). The van der Waals surface area contributed by atoms with Crippen LogP contribution >= 0.6 is 11.8 Å². The van der Waals surface area contributed by atoms with E-state index in [1.807, 2.05) is 18.3 Å². The van der Waals surface area contributed by atoms with E-state index in [-0.39, 0.29) is 0 Å². The topological polar surface area (TPSA) is 33.1 Å². The molecule has 2 nitrogen and oxygen atoms in total. The molecule has 1 unspecified atom stereocenters. The summed E-state index contributed by atoms with van der Waals surface area (Å²) in [5.74, 6) is 0. The lowest BCUT2D eigenvalue weighted by Gasteiger charge is -2.08. The molecule has 1 aromatic heterocycles. The molecule has 0 spiro atoms. The molecule has 1 N–H and O–H groups in total. The molecular formula is C15H17NOS. The summed E-state index contributed by atoms with van der Waals surface area (Å²) in [7, 11) is 0. The Kier molecular flexibility index (Phi) is 4.04. The third-order valence-corrected chi connectivity index (χ3v) is 3.90. The van der Waals surface area contributed by atoms with Gasteiger partial charge in [-0.2, -0.15) is 0 Å². The van der Waals surface area contributed by atoms with Gasteiger partial charge < -0.3 is 5.11 Å². The lowest BCUT2D eigenvalue weighted by molar-refractivity contribution is 0.194. The maximum absolute atomic E-state index is 9.41. The molecular weight excluding hydrogens is 242 g/mol. The van der Waals surface area contributed by atoms with Crippen LogP contribution in [0, 0.1) is 13.8 Å². The zero-order valence-electron chi connectivity index (χ0n) is 10.8. The number of pyridine rings is 1. The molecule has 0 aliphatic carbocycles. The summed E-state index contributed by atoms with van der Waals surface area (Å²) in [4.78, 5) is 6.58. The summed E-state index contributed by atoms with van der Waals surface area (Å²) in [6.45, 7) is 5.94. The van der Waals surface area contributed by atoms with E-state index >= 15 is 0 Å². The van der Waals surface area contributed by atoms with E-state index in [0.717, 1.165) is 4.90 Å². The third kappa shape index (κ3) is 3.12. The summed E-state index contributed by atoms with van der Waals surface area (Å²) >= 11 is 1.70. The Labute approximate surface area is 112 Å². The Hall–Kier alpha value is -1.32. The number of hydrogen-bond acceptors (Lipinski definition) is 3. The van der Waals surface area contributed by atoms with Crippen molar-refractivity contribution < 1.29 is 5.11 Å². The second-order valence-electron chi connectivity index (χ2n) is 4.47. The van der Waals surface area contributed by atoms with Crippen LogP contribution in [0.25, 0.3) is 0 Å². The molecule has 0 saturated carbocycles. The van der Waals surface area contributed by atoms with E-state index in [4.69, 9.17) is 0 Å². The number of aliphatic hydroxyl groups excluding tert-OH is 1. The van der Waals surface area contributed by atoms with Crippen LogP contribution in [0.3, 0.4) is 0 Å². The van der Waals surface area contributed by atoms with Crippen molar-refractivity contribution in [3.63, 3.8) is 0 Å². The number of aromatic nitrogens is 1. The monoisotopic (exact) mass is 259 g/mol. The number of aliphatic hydroxyl groups is 1. The lowest BCUT2D eigenvalue weighted by atomic mass is 10.2. The van der Waals surface area contributed by atoms with E-state index in [1.54, 1.807) is 18.7 Å². The van der Waals surface area contributed by atoms with E-state index in [2.05, 4.69) is 37.0 Å². The molecule has 94 valence electrons. The summed E-state index contributed by atoms with van der Waals surface area (Å²) < 4.78 is 0. The maximum Gasteiger partial charge on any atom is 0.0931 e. The quantitative estimate of drug-likeness (QED) is 0.907. The van der Waals surface area contributed by atoms with E-state index < -0.39 is 6.10 Å². The van der Waals surface area contributed by atoms with E-state index in [0.29, 0.717) is 5.69 Å². The van der Waals surface area contributed by atoms with Crippen molar-refractivity contribution in [2.45, 2.75) is 36.7 Å². The number of hydrogen-bond donors (Lipinski definition) is 1. The van der Waals surface area contributed by atoms with Gasteiger partial charge in [-0.25, -0.2) is 0 Å². The largest absolute Gasteiger partial charge is 0.387 e. The van der Waals surface area contributed by atoms with Gasteiger partial charge in [-0.15, -0.1) is 0 Å². The second kappa shape index (κ2) is 5.55. The minimum atomic E-state index is -0.509. The van der Waals surface area contributed by atoms with Crippen molar-refractivity contribution in [3.8, 4) is 0 Å². The Balaban J connectivity index is 2.18. The minimum Gasteiger partial charge on any atom is -0.387 e. The lowest BCUT2D eigenvalue weighted by Crippen LogP contribution is -1.94. The van der Waals surface area contributed by atoms with Crippen LogP contribution in [0.1, 0.15) is 29.8 Å². The van der Waals surface area contributed by atoms with Gasteiger partial charge in [-0.3, -0.25) is 4.98 Å². The number of nitrogens with zero attached hydrogens (tertiary/aromatic N) is 1. The molecule has 1 aromatic carbocycles. The Bertz CT molecular complexity index is 535. The first-order valence-corrected chi connectivity index (χ1v) is 6.77. The number of aryl methyl sites for hydroxylation is 2. The van der Waals surface area contributed by atoms with Gasteiger partial charge >= 0.3 is 0 Å². The van der Waals surface area contributed by atoms with Crippen molar-refractivity contribution in [2.75, 3.05) is 0 Å². The van der Waals surface area contributed by atoms with Crippen LogP contribution in [0.15, 0.2) is 46.3 Å². The van der Waals surface area contributed by atoms with Crippen LogP contribution in [0.2, 0.25) is 0 Å². The van der Waals surface area contributed by atoms with Gasteiger partial charge in [0.15, 0.2) is 0 Å². The zero-order chi connectivity index (χ0) is 13.1.